The number of hydrogen-bond acceptors (Lipinski definition) is 9. The van der Waals surface area contributed by atoms with E-state index in [-0.39, 0.29) is 11.3 Å². The number of aliphatic hydroxyl groups is 1. The van der Waals surface area contributed by atoms with Gasteiger partial charge in [-0.2, -0.15) is 0 Å². The number of methoxy groups -OCH3 is 4. The Hall–Kier alpha value is -3.76. The highest BCUT2D eigenvalue weighted by Crippen LogP contribution is 2.46. The highest BCUT2D eigenvalue weighted by Gasteiger charge is 2.46. The second-order valence-corrected chi connectivity index (χ2v) is 9.44. The van der Waals surface area contributed by atoms with E-state index in [9.17, 15) is 14.7 Å². The van der Waals surface area contributed by atoms with Crippen LogP contribution in [0.15, 0.2) is 35.9 Å². The molecule has 0 radical (unpaired) electrons. The lowest BCUT2D eigenvalue weighted by atomic mass is 9.94. The summed E-state index contributed by atoms with van der Waals surface area (Å²) in [7, 11) is 6.07. The average Bonchev–Trinajstić information content (AvgIpc) is 3.21. The van der Waals surface area contributed by atoms with E-state index in [1.54, 1.807) is 37.4 Å². The van der Waals surface area contributed by atoms with Crippen molar-refractivity contribution in [2.75, 3.05) is 67.8 Å². The molecule has 2 aromatic rings. The molecule has 2 aliphatic heterocycles. The summed E-state index contributed by atoms with van der Waals surface area (Å²) in [5, 5.41) is 11.5. The van der Waals surface area contributed by atoms with E-state index in [1.165, 1.54) is 26.2 Å². The van der Waals surface area contributed by atoms with Gasteiger partial charge in [0.2, 0.25) is 5.75 Å². The van der Waals surface area contributed by atoms with Gasteiger partial charge in [0.1, 0.15) is 11.5 Å². The molecule has 4 rings (SSSR count). The van der Waals surface area contributed by atoms with E-state index in [4.69, 9.17) is 23.7 Å². The summed E-state index contributed by atoms with van der Waals surface area (Å²) < 4.78 is 27.3. The van der Waals surface area contributed by atoms with Gasteiger partial charge in [-0.1, -0.05) is 0 Å². The first-order valence-electron chi connectivity index (χ1n) is 12.9. The number of carbonyl (C=O) groups is 2. The van der Waals surface area contributed by atoms with Crippen LogP contribution in [0, 0.1) is 6.92 Å². The molecule has 10 heteroatoms. The van der Waals surface area contributed by atoms with Crippen molar-refractivity contribution in [3.8, 4) is 23.0 Å². The molecular weight excluding hydrogens is 504 g/mol. The molecule has 10 nitrogen and oxygen atoms in total. The molecule has 2 saturated heterocycles. The van der Waals surface area contributed by atoms with Crippen LogP contribution in [-0.2, 0) is 14.3 Å². The number of ether oxygens (including phenoxy) is 5. The van der Waals surface area contributed by atoms with Gasteiger partial charge in [-0.15, -0.1) is 0 Å². The fourth-order valence-electron chi connectivity index (χ4n) is 5.19. The maximum atomic E-state index is 13.5. The minimum atomic E-state index is -0.856. The predicted octanol–water partition coefficient (Wildman–Crippen LogP) is 3.17. The van der Waals surface area contributed by atoms with Crippen molar-refractivity contribution in [3.05, 3.63) is 52.6 Å². The Morgan fingerprint density at radius 2 is 1.56 bits per heavy atom. The summed E-state index contributed by atoms with van der Waals surface area (Å²) in [5.41, 5.74) is 1.76. The van der Waals surface area contributed by atoms with Crippen molar-refractivity contribution >= 4 is 17.4 Å². The van der Waals surface area contributed by atoms with Crippen molar-refractivity contribution in [1.82, 2.24) is 9.80 Å². The van der Waals surface area contributed by atoms with Gasteiger partial charge in [-0.05, 0) is 54.8 Å². The number of nitrogens with zero attached hydrogens (tertiary/aromatic N) is 2. The Labute approximate surface area is 228 Å². The number of likely N-dealkylation sites (tertiary alicyclic amines) is 1. The fraction of sp³-hybridized carbons (Fsp3) is 0.448. The molecule has 39 heavy (non-hydrogen) atoms. The molecule has 1 atom stereocenters. The third kappa shape index (κ3) is 5.67. The predicted molar refractivity (Wildman–Crippen MR) is 145 cm³/mol. The Bertz CT molecular complexity index is 1230. The molecule has 1 amide bonds. The summed E-state index contributed by atoms with van der Waals surface area (Å²) in [6.07, 6.45) is 0.648. The molecule has 0 saturated carbocycles. The molecule has 0 bridgehead atoms. The van der Waals surface area contributed by atoms with Crippen LogP contribution in [0.25, 0.3) is 5.76 Å². The first kappa shape index (κ1) is 28.3. The quantitative estimate of drug-likeness (QED) is 0.276. The summed E-state index contributed by atoms with van der Waals surface area (Å²) in [6, 6.07) is 7.67. The van der Waals surface area contributed by atoms with Crippen molar-refractivity contribution in [1.29, 1.82) is 0 Å². The lowest BCUT2D eigenvalue weighted by Gasteiger charge is -2.29. The van der Waals surface area contributed by atoms with E-state index in [0.717, 1.165) is 25.2 Å². The van der Waals surface area contributed by atoms with Crippen LogP contribution in [0.1, 0.15) is 29.2 Å². The number of Topliss-reactive ketones (excluding diaryl/α,β-unsaturated/α-hetero) is 1. The van der Waals surface area contributed by atoms with Gasteiger partial charge >= 0.3 is 0 Å². The van der Waals surface area contributed by atoms with Crippen molar-refractivity contribution in [3.63, 3.8) is 0 Å². The Morgan fingerprint density at radius 3 is 2.13 bits per heavy atom. The summed E-state index contributed by atoms with van der Waals surface area (Å²) >= 11 is 0. The first-order valence-corrected chi connectivity index (χ1v) is 12.9. The van der Waals surface area contributed by atoms with Gasteiger partial charge in [-0.3, -0.25) is 14.5 Å². The third-order valence-corrected chi connectivity index (χ3v) is 7.19. The molecule has 2 heterocycles. The minimum absolute atomic E-state index is 0.00483. The minimum Gasteiger partial charge on any atom is -0.507 e. The second kappa shape index (κ2) is 12.4. The number of aryl methyl sites for hydroxylation is 1. The van der Waals surface area contributed by atoms with E-state index >= 15 is 0 Å². The fourth-order valence-corrected chi connectivity index (χ4v) is 5.19. The smallest absolute Gasteiger partial charge is 0.295 e. The second-order valence-electron chi connectivity index (χ2n) is 9.44. The maximum absolute atomic E-state index is 13.5. The zero-order valence-corrected chi connectivity index (χ0v) is 23.1. The molecule has 0 aromatic heterocycles. The number of rotatable bonds is 10. The van der Waals surface area contributed by atoms with Gasteiger partial charge < -0.3 is 33.7 Å². The number of hydrogen-bond donors (Lipinski definition) is 1. The Balaban J connectivity index is 1.80. The van der Waals surface area contributed by atoms with Gasteiger partial charge in [-0.25, -0.2) is 0 Å². The normalized spacial score (nSPS) is 19.3. The average molecular weight is 541 g/mol. The molecule has 0 aliphatic carbocycles. The molecule has 210 valence electrons. The SMILES string of the molecule is COc1ccc(/C(O)=C2\C(=O)C(=O)N(CCCN3CCOCC3)[C@H]2c2cc(OC)c(OC)c(OC)c2)cc1C. The zero-order valence-electron chi connectivity index (χ0n) is 23.1. The highest BCUT2D eigenvalue weighted by molar-refractivity contribution is 6.46. The van der Waals surface area contributed by atoms with Crippen LogP contribution in [0.3, 0.4) is 0 Å². The van der Waals surface area contributed by atoms with Gasteiger partial charge in [0.15, 0.2) is 11.5 Å². The van der Waals surface area contributed by atoms with E-state index < -0.39 is 17.7 Å². The lowest BCUT2D eigenvalue weighted by Crippen LogP contribution is -2.39. The van der Waals surface area contributed by atoms with Crippen molar-refractivity contribution < 1.29 is 38.4 Å². The standard InChI is InChI=1S/C29H36N2O8/c1-18-15-19(7-8-21(18)35-2)26(32)24-25(20-16-22(36-3)28(38-5)23(17-20)37-4)31(29(34)27(24)33)10-6-9-30-11-13-39-14-12-30/h7-8,15-17,25,32H,6,9-14H2,1-5H3/b26-24+/t25-/m0/s1. The van der Waals surface area contributed by atoms with Crippen LogP contribution in [-0.4, -0.2) is 94.4 Å². The number of benzene rings is 2. The summed E-state index contributed by atoms with van der Waals surface area (Å²) in [4.78, 5) is 30.7. The van der Waals surface area contributed by atoms with Crippen molar-refractivity contribution in [2.45, 2.75) is 19.4 Å². The number of aliphatic hydroxyl groups excluding tert-OH is 1. The lowest BCUT2D eigenvalue weighted by molar-refractivity contribution is -0.140. The topological polar surface area (TPSA) is 107 Å². The van der Waals surface area contributed by atoms with Gasteiger partial charge in [0.05, 0.1) is 53.3 Å². The van der Waals surface area contributed by atoms with Crippen LogP contribution in [0.2, 0.25) is 0 Å². The summed E-state index contributed by atoms with van der Waals surface area (Å²) in [5.74, 6) is 0.134. The number of amides is 1. The zero-order chi connectivity index (χ0) is 28.1. The number of ketones is 1. The van der Waals surface area contributed by atoms with Gasteiger partial charge in [0.25, 0.3) is 11.7 Å². The van der Waals surface area contributed by atoms with Gasteiger partial charge in [0, 0.05) is 31.7 Å². The van der Waals surface area contributed by atoms with E-state index in [0.29, 0.717) is 60.3 Å². The van der Waals surface area contributed by atoms with E-state index in [1.807, 2.05) is 6.92 Å². The van der Waals surface area contributed by atoms with E-state index in [2.05, 4.69) is 4.90 Å². The van der Waals surface area contributed by atoms with Crippen LogP contribution >= 0.6 is 0 Å². The van der Waals surface area contributed by atoms with Crippen LogP contribution in [0.4, 0.5) is 0 Å². The highest BCUT2D eigenvalue weighted by atomic mass is 16.5. The molecule has 0 spiro atoms. The van der Waals surface area contributed by atoms with Crippen molar-refractivity contribution in [2.24, 2.45) is 0 Å². The third-order valence-electron chi connectivity index (χ3n) is 7.19. The number of morpholine rings is 1. The van der Waals surface area contributed by atoms with Crippen LogP contribution in [0.5, 0.6) is 23.0 Å². The molecular formula is C29H36N2O8. The number of carbonyl (C=O) groups excluding carboxylic acids is 2. The molecule has 2 fully saturated rings. The Kier molecular flexibility index (Phi) is 8.98. The first-order chi connectivity index (χ1) is 18.8. The van der Waals surface area contributed by atoms with Crippen LogP contribution < -0.4 is 18.9 Å². The molecule has 1 N–H and O–H groups in total. The molecule has 2 aliphatic rings. The molecule has 0 unspecified atom stereocenters. The maximum Gasteiger partial charge on any atom is 0.295 e. The molecule has 2 aromatic carbocycles. The Morgan fingerprint density at radius 1 is 0.923 bits per heavy atom. The monoisotopic (exact) mass is 540 g/mol. The largest absolute Gasteiger partial charge is 0.507 e. The summed E-state index contributed by atoms with van der Waals surface area (Å²) in [6.45, 7) is 5.93.